The largest absolute Gasteiger partial charge is 0.462 e. The minimum Gasteiger partial charge on any atom is -0.462 e. The highest BCUT2D eigenvalue weighted by Gasteiger charge is 2.19. The summed E-state index contributed by atoms with van der Waals surface area (Å²) in [5.74, 6) is -0.889. The first kappa shape index (κ1) is 76.3. The van der Waals surface area contributed by atoms with Crippen molar-refractivity contribution >= 4 is 17.9 Å². The Morgan fingerprint density at radius 3 is 0.762 bits per heavy atom. The molecule has 0 aliphatic carbocycles. The molecule has 0 fully saturated rings. The predicted molar refractivity (Wildman–Crippen MR) is 348 cm³/mol. The minimum atomic E-state index is -0.787. The summed E-state index contributed by atoms with van der Waals surface area (Å²) in [6.07, 6.45) is 91.3. The van der Waals surface area contributed by atoms with Crippen LogP contribution in [-0.2, 0) is 28.6 Å². The third-order valence-electron chi connectivity index (χ3n) is 14.9. The van der Waals surface area contributed by atoms with Gasteiger partial charge >= 0.3 is 17.9 Å². The first-order chi connectivity index (χ1) is 39.5. The second-order valence-electron chi connectivity index (χ2n) is 22.7. The molecule has 0 aliphatic heterocycles. The fourth-order valence-electron chi connectivity index (χ4n) is 9.76. The van der Waals surface area contributed by atoms with Gasteiger partial charge in [0.15, 0.2) is 6.10 Å². The molecule has 460 valence electrons. The summed E-state index contributed by atoms with van der Waals surface area (Å²) in [6, 6.07) is 0. The zero-order valence-electron chi connectivity index (χ0n) is 52.8. The van der Waals surface area contributed by atoms with Crippen LogP contribution in [0, 0.1) is 0 Å². The quantitative estimate of drug-likeness (QED) is 0.0261. The molecule has 0 rings (SSSR count). The van der Waals surface area contributed by atoms with E-state index in [4.69, 9.17) is 14.2 Å². The van der Waals surface area contributed by atoms with E-state index in [-0.39, 0.29) is 31.1 Å². The van der Waals surface area contributed by atoms with Gasteiger partial charge in [-0.05, 0) is 83.5 Å². The highest BCUT2D eigenvalue weighted by atomic mass is 16.6. The van der Waals surface area contributed by atoms with Crippen molar-refractivity contribution in [2.45, 2.75) is 341 Å². The Morgan fingerprint density at radius 2 is 0.487 bits per heavy atom. The van der Waals surface area contributed by atoms with E-state index >= 15 is 0 Å². The Labute approximate surface area is 496 Å². The van der Waals surface area contributed by atoms with Gasteiger partial charge in [-0.25, -0.2) is 0 Å². The van der Waals surface area contributed by atoms with Gasteiger partial charge in [0.1, 0.15) is 13.2 Å². The lowest BCUT2D eigenvalue weighted by Crippen LogP contribution is -2.30. The van der Waals surface area contributed by atoms with Gasteiger partial charge in [-0.2, -0.15) is 0 Å². The Bertz CT molecular complexity index is 1560. The Morgan fingerprint density at radius 1 is 0.263 bits per heavy atom. The monoisotopic (exact) mass is 1110 g/mol. The predicted octanol–water partition coefficient (Wildman–Crippen LogP) is 23.6. The van der Waals surface area contributed by atoms with Gasteiger partial charge in [-0.15, -0.1) is 0 Å². The lowest BCUT2D eigenvalue weighted by molar-refractivity contribution is -0.167. The summed E-state index contributed by atoms with van der Waals surface area (Å²) in [5.41, 5.74) is 0. The molecule has 0 spiro atoms. The highest BCUT2D eigenvalue weighted by molar-refractivity contribution is 5.71. The van der Waals surface area contributed by atoms with Gasteiger partial charge in [0.05, 0.1) is 0 Å². The number of carbonyl (C=O) groups is 3. The molecular formula is C74H128O6. The molecule has 0 radical (unpaired) electrons. The normalized spacial score (nSPS) is 12.7. The Hall–Kier alpha value is -3.67. The van der Waals surface area contributed by atoms with Crippen LogP contribution in [0.4, 0.5) is 0 Å². The maximum atomic E-state index is 12.9. The summed E-state index contributed by atoms with van der Waals surface area (Å²) in [6.45, 7) is 6.55. The molecular weight excluding hydrogens is 985 g/mol. The van der Waals surface area contributed by atoms with Crippen LogP contribution in [0.25, 0.3) is 0 Å². The average Bonchev–Trinajstić information content (AvgIpc) is 3.46. The summed E-state index contributed by atoms with van der Waals surface area (Å²) in [7, 11) is 0. The van der Waals surface area contributed by atoms with Crippen LogP contribution in [0.15, 0.2) is 97.2 Å². The fraction of sp³-hybridized carbons (Fsp3) is 0.743. The second-order valence-corrected chi connectivity index (χ2v) is 22.7. The fourth-order valence-corrected chi connectivity index (χ4v) is 9.76. The maximum absolute atomic E-state index is 12.9. The molecule has 0 saturated heterocycles. The van der Waals surface area contributed by atoms with E-state index in [0.717, 1.165) is 122 Å². The standard InChI is InChI=1S/C74H128O6/c1-4-7-10-13-16-19-22-25-28-31-32-33-34-35-36-37-38-39-40-41-42-44-46-49-52-55-58-61-64-67-73(76)79-70-71(69-78-72(75)66-63-60-57-54-51-48-45-30-27-24-21-18-15-12-9-6-3)80-74(77)68-65-62-59-56-53-50-47-43-29-26-23-20-17-14-11-8-5-2/h7,10,16,19,25,28,32-33,35-36,38-39,41-42,46,49,71H,4-6,8-9,11-15,17-18,20-24,26-27,29-31,34,37,40,43-45,47-48,50-70H2,1-3H3/b10-7-,19-16-,28-25-,33-32-,36-35-,39-38-,42-41-,49-46-. The number of hydrogen-bond donors (Lipinski definition) is 0. The van der Waals surface area contributed by atoms with Crippen molar-refractivity contribution < 1.29 is 28.6 Å². The number of allylic oxidation sites excluding steroid dienone is 16. The maximum Gasteiger partial charge on any atom is 0.306 e. The number of hydrogen-bond acceptors (Lipinski definition) is 6. The smallest absolute Gasteiger partial charge is 0.306 e. The number of esters is 3. The van der Waals surface area contributed by atoms with Gasteiger partial charge in [-0.3, -0.25) is 14.4 Å². The van der Waals surface area contributed by atoms with E-state index in [9.17, 15) is 14.4 Å². The zero-order chi connectivity index (χ0) is 57.8. The third kappa shape index (κ3) is 65.1. The molecule has 80 heavy (non-hydrogen) atoms. The third-order valence-corrected chi connectivity index (χ3v) is 14.9. The molecule has 6 heteroatoms. The van der Waals surface area contributed by atoms with E-state index in [0.29, 0.717) is 19.3 Å². The van der Waals surface area contributed by atoms with Crippen LogP contribution in [0.5, 0.6) is 0 Å². The number of carbonyl (C=O) groups excluding carboxylic acids is 3. The van der Waals surface area contributed by atoms with Crippen LogP contribution < -0.4 is 0 Å². The van der Waals surface area contributed by atoms with E-state index in [2.05, 4.69) is 118 Å². The van der Waals surface area contributed by atoms with Crippen LogP contribution in [0.2, 0.25) is 0 Å². The van der Waals surface area contributed by atoms with Gasteiger partial charge in [0.25, 0.3) is 0 Å². The lowest BCUT2D eigenvalue weighted by atomic mass is 10.0. The van der Waals surface area contributed by atoms with Crippen molar-refractivity contribution in [2.24, 2.45) is 0 Å². The Balaban J connectivity index is 4.37. The van der Waals surface area contributed by atoms with Crippen LogP contribution in [0.1, 0.15) is 335 Å². The molecule has 0 aromatic rings. The van der Waals surface area contributed by atoms with Gasteiger partial charge in [0, 0.05) is 19.3 Å². The van der Waals surface area contributed by atoms with Crippen LogP contribution >= 0.6 is 0 Å². The van der Waals surface area contributed by atoms with Crippen molar-refractivity contribution in [1.29, 1.82) is 0 Å². The number of ether oxygens (including phenoxy) is 3. The number of rotatable bonds is 62. The minimum absolute atomic E-state index is 0.0808. The first-order valence-electron chi connectivity index (χ1n) is 34.2. The van der Waals surface area contributed by atoms with Crippen molar-refractivity contribution in [3.05, 3.63) is 97.2 Å². The Kier molecular flexibility index (Phi) is 64.7. The molecule has 0 aliphatic rings. The van der Waals surface area contributed by atoms with Crippen molar-refractivity contribution in [2.75, 3.05) is 13.2 Å². The molecule has 6 nitrogen and oxygen atoms in total. The summed E-state index contributed by atoms with van der Waals surface area (Å²) in [5, 5.41) is 0. The molecule has 0 heterocycles. The van der Waals surface area contributed by atoms with Crippen LogP contribution in [-0.4, -0.2) is 37.2 Å². The summed E-state index contributed by atoms with van der Waals surface area (Å²) in [4.78, 5) is 38.4. The molecule has 1 atom stereocenters. The average molecular weight is 1110 g/mol. The van der Waals surface area contributed by atoms with E-state index in [1.54, 1.807) is 0 Å². The van der Waals surface area contributed by atoms with E-state index in [1.807, 2.05) is 0 Å². The van der Waals surface area contributed by atoms with Crippen LogP contribution in [0.3, 0.4) is 0 Å². The molecule has 0 saturated carbocycles. The molecule has 0 aromatic carbocycles. The van der Waals surface area contributed by atoms with Gasteiger partial charge in [-0.1, -0.05) is 330 Å². The second kappa shape index (κ2) is 67.8. The molecule has 0 bridgehead atoms. The van der Waals surface area contributed by atoms with Crippen molar-refractivity contribution in [3.63, 3.8) is 0 Å². The SMILES string of the molecule is CC/C=C\C/C=C\C/C=C\C/C=C\C/C=C\C/C=C\C/C=C\C/C=C\CCCCCCC(=O)OCC(COC(=O)CCCCCCCCCCCCCCCCCC)OC(=O)CCCCCCCCCCCCCCCCCCC. The van der Waals surface area contributed by atoms with Crippen molar-refractivity contribution in [3.8, 4) is 0 Å². The molecule has 0 amide bonds. The molecule has 1 unspecified atom stereocenters. The van der Waals surface area contributed by atoms with Gasteiger partial charge in [0.2, 0.25) is 0 Å². The number of unbranched alkanes of at least 4 members (excludes halogenated alkanes) is 35. The topological polar surface area (TPSA) is 78.9 Å². The van der Waals surface area contributed by atoms with E-state index in [1.165, 1.54) is 173 Å². The molecule has 0 aromatic heterocycles. The highest BCUT2D eigenvalue weighted by Crippen LogP contribution is 2.17. The first-order valence-corrected chi connectivity index (χ1v) is 34.2. The summed E-state index contributed by atoms with van der Waals surface area (Å²) < 4.78 is 17.0. The van der Waals surface area contributed by atoms with Gasteiger partial charge < -0.3 is 14.2 Å². The zero-order valence-corrected chi connectivity index (χ0v) is 52.8. The van der Waals surface area contributed by atoms with E-state index < -0.39 is 6.10 Å². The van der Waals surface area contributed by atoms with Crippen molar-refractivity contribution in [1.82, 2.24) is 0 Å². The lowest BCUT2D eigenvalue weighted by Gasteiger charge is -2.18. The molecule has 0 N–H and O–H groups in total. The summed E-state index contributed by atoms with van der Waals surface area (Å²) >= 11 is 0.